The first-order valence-electron chi connectivity index (χ1n) is 8.12. The van der Waals surface area contributed by atoms with Gasteiger partial charge < -0.3 is 4.42 Å². The molecule has 0 aliphatic rings. The molecule has 0 atom stereocenters. The van der Waals surface area contributed by atoms with E-state index in [-0.39, 0.29) is 0 Å². The van der Waals surface area contributed by atoms with Crippen LogP contribution >= 0.6 is 34.4 Å². The van der Waals surface area contributed by atoms with Crippen molar-refractivity contribution < 1.29 is 4.42 Å². The van der Waals surface area contributed by atoms with Crippen molar-refractivity contribution in [3.8, 4) is 11.4 Å². The molecule has 6 nitrogen and oxygen atoms in total. The van der Waals surface area contributed by atoms with E-state index in [9.17, 15) is 0 Å². The first-order valence-corrected chi connectivity index (χ1v) is 10.2. The molecular formula is C19H14IN5OS. The van der Waals surface area contributed by atoms with Crippen LogP contribution in [-0.2, 0) is 5.75 Å². The molecule has 1 aromatic carbocycles. The van der Waals surface area contributed by atoms with Gasteiger partial charge in [-0.25, -0.2) is 0 Å². The van der Waals surface area contributed by atoms with E-state index < -0.39 is 0 Å². The smallest absolute Gasteiger partial charge is 0.212 e. The molecule has 4 rings (SSSR count). The van der Waals surface area contributed by atoms with Crippen LogP contribution in [0.25, 0.3) is 11.4 Å². The second-order valence-electron chi connectivity index (χ2n) is 5.51. The lowest BCUT2D eigenvalue weighted by Gasteiger charge is -2.04. The van der Waals surface area contributed by atoms with Crippen LogP contribution in [0.2, 0.25) is 0 Å². The molecule has 0 spiro atoms. The zero-order valence-electron chi connectivity index (χ0n) is 14.1. The highest BCUT2D eigenvalue weighted by Crippen LogP contribution is 2.26. The molecule has 0 N–H and O–H groups in total. The average molecular weight is 487 g/mol. The normalized spacial score (nSPS) is 11.3. The van der Waals surface area contributed by atoms with Gasteiger partial charge in [-0.05, 0) is 52.4 Å². The second-order valence-corrected chi connectivity index (χ2v) is 7.52. The Bertz CT molecular complexity index is 1050. The van der Waals surface area contributed by atoms with E-state index in [1.165, 1.54) is 5.56 Å². The fourth-order valence-corrected chi connectivity index (χ4v) is 3.65. The van der Waals surface area contributed by atoms with E-state index in [4.69, 9.17) is 4.42 Å². The summed E-state index contributed by atoms with van der Waals surface area (Å²) in [4.78, 5) is 4.06. The monoisotopic (exact) mass is 487 g/mol. The van der Waals surface area contributed by atoms with E-state index in [1.54, 1.807) is 35.0 Å². The van der Waals surface area contributed by atoms with Crippen LogP contribution in [0, 0.1) is 3.77 Å². The maximum atomic E-state index is 5.56. The third-order valence-corrected chi connectivity index (χ3v) is 5.23. The SMILES string of the molecule is Ic1ccc(C=Nn2c(SCc3ccccc3)nnc2-c2ccncc2)o1. The molecule has 0 radical (unpaired) electrons. The van der Waals surface area contributed by atoms with Crippen molar-refractivity contribution in [3.05, 3.63) is 82.1 Å². The average Bonchev–Trinajstić information content (AvgIpc) is 3.32. The lowest BCUT2D eigenvalue weighted by Crippen LogP contribution is -1.97. The summed E-state index contributed by atoms with van der Waals surface area (Å²) in [6.45, 7) is 0. The van der Waals surface area contributed by atoms with E-state index in [2.05, 4.69) is 55.0 Å². The quantitative estimate of drug-likeness (QED) is 0.224. The maximum absolute atomic E-state index is 5.56. The zero-order valence-corrected chi connectivity index (χ0v) is 17.0. The van der Waals surface area contributed by atoms with Gasteiger partial charge in [0.2, 0.25) is 5.16 Å². The van der Waals surface area contributed by atoms with Crippen molar-refractivity contribution in [1.29, 1.82) is 0 Å². The summed E-state index contributed by atoms with van der Waals surface area (Å²) in [5.74, 6) is 2.11. The number of halogens is 1. The molecule has 0 fully saturated rings. The van der Waals surface area contributed by atoms with Gasteiger partial charge in [0, 0.05) is 23.7 Å². The van der Waals surface area contributed by atoms with E-state index >= 15 is 0 Å². The number of benzene rings is 1. The van der Waals surface area contributed by atoms with Gasteiger partial charge in [-0.2, -0.15) is 9.78 Å². The lowest BCUT2D eigenvalue weighted by atomic mass is 10.2. The number of furan rings is 1. The molecule has 0 saturated heterocycles. The fourth-order valence-electron chi connectivity index (χ4n) is 2.37. The summed E-state index contributed by atoms with van der Waals surface area (Å²) in [5, 5.41) is 13.9. The van der Waals surface area contributed by atoms with Gasteiger partial charge in [-0.1, -0.05) is 42.1 Å². The molecular weight excluding hydrogens is 473 g/mol. The predicted octanol–water partition coefficient (Wildman–Crippen LogP) is 4.71. The third-order valence-electron chi connectivity index (χ3n) is 3.66. The summed E-state index contributed by atoms with van der Waals surface area (Å²) in [6.07, 6.45) is 5.12. The van der Waals surface area contributed by atoms with Crippen LogP contribution in [0.3, 0.4) is 0 Å². The molecule has 3 heterocycles. The minimum atomic E-state index is 0.658. The first kappa shape index (κ1) is 17.9. The van der Waals surface area contributed by atoms with Crippen LogP contribution < -0.4 is 0 Å². The summed E-state index contributed by atoms with van der Waals surface area (Å²) < 4.78 is 8.11. The number of hydrogen-bond acceptors (Lipinski definition) is 6. The van der Waals surface area contributed by atoms with Crippen LogP contribution in [0.15, 0.2) is 81.7 Å². The van der Waals surface area contributed by atoms with Crippen molar-refractivity contribution in [2.24, 2.45) is 5.10 Å². The number of hydrogen-bond donors (Lipinski definition) is 0. The number of thioether (sulfide) groups is 1. The number of rotatable bonds is 6. The summed E-state index contributed by atoms with van der Waals surface area (Å²) in [6, 6.07) is 17.8. The third kappa shape index (κ3) is 4.45. The molecule has 27 heavy (non-hydrogen) atoms. The highest BCUT2D eigenvalue weighted by molar-refractivity contribution is 14.1. The van der Waals surface area contributed by atoms with Crippen LogP contribution in [0.1, 0.15) is 11.3 Å². The van der Waals surface area contributed by atoms with Crippen LogP contribution in [-0.4, -0.2) is 26.1 Å². The largest absolute Gasteiger partial charge is 0.449 e. The maximum Gasteiger partial charge on any atom is 0.212 e. The highest BCUT2D eigenvalue weighted by atomic mass is 127. The Kier molecular flexibility index (Phi) is 5.64. The van der Waals surface area contributed by atoms with Crippen molar-refractivity contribution in [1.82, 2.24) is 19.9 Å². The van der Waals surface area contributed by atoms with E-state index in [0.717, 1.165) is 15.1 Å². The van der Waals surface area contributed by atoms with Crippen LogP contribution in [0.5, 0.6) is 0 Å². The molecule has 8 heteroatoms. The summed E-state index contributed by atoms with van der Waals surface area (Å²) >= 11 is 3.71. The molecule has 0 aliphatic carbocycles. The van der Waals surface area contributed by atoms with Gasteiger partial charge in [0.1, 0.15) is 5.76 Å². The van der Waals surface area contributed by atoms with E-state index in [0.29, 0.717) is 16.7 Å². The Morgan fingerprint density at radius 2 is 1.85 bits per heavy atom. The number of nitrogens with zero attached hydrogens (tertiary/aromatic N) is 5. The van der Waals surface area contributed by atoms with Gasteiger partial charge in [0.05, 0.1) is 6.21 Å². The second kappa shape index (κ2) is 8.49. The van der Waals surface area contributed by atoms with Crippen molar-refractivity contribution >= 4 is 40.6 Å². The molecule has 3 aromatic heterocycles. The number of aromatic nitrogens is 4. The molecule has 4 aromatic rings. The Balaban J connectivity index is 1.66. The molecule has 134 valence electrons. The Hall–Kier alpha value is -2.46. The molecule has 0 bridgehead atoms. The Morgan fingerprint density at radius 3 is 2.59 bits per heavy atom. The molecule has 0 amide bonds. The number of pyridine rings is 1. The van der Waals surface area contributed by atoms with Gasteiger partial charge in [0.15, 0.2) is 9.59 Å². The highest BCUT2D eigenvalue weighted by Gasteiger charge is 2.14. The standard InChI is InChI=1S/C19H14IN5OS/c20-17-7-6-16(26-17)12-22-25-18(15-8-10-21-11-9-15)23-24-19(25)27-13-14-4-2-1-3-5-14/h1-12H,13H2. The molecule has 0 aliphatic heterocycles. The fraction of sp³-hybridized carbons (Fsp3) is 0.0526. The predicted molar refractivity (Wildman–Crippen MR) is 114 cm³/mol. The minimum absolute atomic E-state index is 0.658. The molecule has 0 saturated carbocycles. The van der Waals surface area contributed by atoms with Crippen LogP contribution in [0.4, 0.5) is 0 Å². The first-order chi connectivity index (χ1) is 13.3. The van der Waals surface area contributed by atoms with Crippen molar-refractivity contribution in [2.75, 3.05) is 0 Å². The van der Waals surface area contributed by atoms with Gasteiger partial charge in [-0.3, -0.25) is 4.98 Å². The van der Waals surface area contributed by atoms with E-state index in [1.807, 2.05) is 42.5 Å². The lowest BCUT2D eigenvalue weighted by molar-refractivity contribution is 0.530. The topological polar surface area (TPSA) is 69.1 Å². The molecule has 0 unspecified atom stereocenters. The Labute approximate surface area is 173 Å². The Morgan fingerprint density at radius 1 is 1.04 bits per heavy atom. The van der Waals surface area contributed by atoms with Crippen molar-refractivity contribution in [2.45, 2.75) is 10.9 Å². The minimum Gasteiger partial charge on any atom is -0.449 e. The van der Waals surface area contributed by atoms with Gasteiger partial charge in [0.25, 0.3) is 0 Å². The zero-order chi connectivity index (χ0) is 18.5. The van der Waals surface area contributed by atoms with Gasteiger partial charge in [-0.15, -0.1) is 10.2 Å². The van der Waals surface area contributed by atoms with Gasteiger partial charge >= 0.3 is 0 Å². The summed E-state index contributed by atoms with van der Waals surface area (Å²) in [5.41, 5.74) is 2.11. The summed E-state index contributed by atoms with van der Waals surface area (Å²) in [7, 11) is 0. The van der Waals surface area contributed by atoms with Crippen molar-refractivity contribution in [3.63, 3.8) is 0 Å².